The van der Waals surface area contributed by atoms with Gasteiger partial charge in [-0.3, -0.25) is 14.9 Å². The zero-order valence-corrected chi connectivity index (χ0v) is 15.1. The van der Waals surface area contributed by atoms with E-state index in [9.17, 15) is 23.3 Å². The Kier molecular flexibility index (Phi) is 5.90. The van der Waals surface area contributed by atoms with E-state index in [1.165, 1.54) is 17.0 Å². The van der Waals surface area contributed by atoms with Crippen LogP contribution in [0.15, 0.2) is 23.1 Å². The summed E-state index contributed by atoms with van der Waals surface area (Å²) in [4.78, 5) is 23.2. The van der Waals surface area contributed by atoms with Gasteiger partial charge in [0.15, 0.2) is 0 Å². The number of nitro groups is 1. The monoisotopic (exact) mass is 358 g/mol. The highest BCUT2D eigenvalue weighted by molar-refractivity contribution is 7.89. The van der Waals surface area contributed by atoms with E-state index in [-0.39, 0.29) is 23.0 Å². The first-order chi connectivity index (χ1) is 10.8. The average Bonchev–Trinajstić information content (AvgIpc) is 2.41. The summed E-state index contributed by atoms with van der Waals surface area (Å²) in [6.07, 6.45) is 0. The molecule has 1 amide bonds. The molecule has 0 atom stereocenters. The third-order valence-corrected chi connectivity index (χ3v) is 4.60. The van der Waals surface area contributed by atoms with Crippen LogP contribution in [0.3, 0.4) is 0 Å². The molecule has 0 radical (unpaired) electrons. The summed E-state index contributed by atoms with van der Waals surface area (Å²) in [7, 11) is -0.769. The van der Waals surface area contributed by atoms with Crippen LogP contribution in [0, 0.1) is 10.1 Å². The lowest BCUT2D eigenvalue weighted by Crippen LogP contribution is -2.40. The highest BCUT2D eigenvalue weighted by Gasteiger charge is 2.25. The quantitative estimate of drug-likeness (QED) is 0.581. The average molecular weight is 358 g/mol. The zero-order chi connectivity index (χ0) is 18.7. The van der Waals surface area contributed by atoms with Gasteiger partial charge in [0.1, 0.15) is 5.69 Å². The second-order valence-electron chi connectivity index (χ2n) is 6.43. The number of rotatable bonds is 6. The van der Waals surface area contributed by atoms with Gasteiger partial charge in [-0.15, -0.1) is 0 Å². The van der Waals surface area contributed by atoms with Crippen LogP contribution in [0.5, 0.6) is 0 Å². The van der Waals surface area contributed by atoms with Crippen LogP contribution >= 0.6 is 0 Å². The third kappa shape index (κ3) is 5.46. The normalized spacial score (nSPS) is 11.9. The van der Waals surface area contributed by atoms with E-state index in [2.05, 4.69) is 10.0 Å². The molecule has 0 heterocycles. The maximum absolute atomic E-state index is 12.3. The van der Waals surface area contributed by atoms with Crippen molar-refractivity contribution in [2.24, 2.45) is 0 Å². The molecule has 2 N–H and O–H groups in total. The number of likely N-dealkylation sites (N-methyl/N-ethyl adjacent to an activating group) is 1. The Morgan fingerprint density at radius 2 is 1.88 bits per heavy atom. The molecule has 0 spiro atoms. The van der Waals surface area contributed by atoms with Crippen molar-refractivity contribution in [2.45, 2.75) is 31.2 Å². The number of hydrogen-bond donors (Lipinski definition) is 2. The van der Waals surface area contributed by atoms with Crippen LogP contribution in [0.1, 0.15) is 20.8 Å². The smallest absolute Gasteiger partial charge is 0.293 e. The number of carbonyl (C=O) groups excluding carboxylic acids is 1. The Hall–Kier alpha value is -2.20. The van der Waals surface area contributed by atoms with E-state index in [0.29, 0.717) is 0 Å². The molecule has 24 heavy (non-hydrogen) atoms. The molecule has 1 aromatic rings. The highest BCUT2D eigenvalue weighted by Crippen LogP contribution is 2.28. The van der Waals surface area contributed by atoms with Gasteiger partial charge in [-0.05, 0) is 32.9 Å². The number of sulfonamides is 1. The van der Waals surface area contributed by atoms with Gasteiger partial charge in [-0.1, -0.05) is 0 Å². The number of benzene rings is 1. The van der Waals surface area contributed by atoms with Crippen LogP contribution in [-0.2, 0) is 14.8 Å². The number of nitro benzene ring substituents is 1. The third-order valence-electron chi connectivity index (χ3n) is 2.85. The maximum Gasteiger partial charge on any atom is 0.293 e. The van der Waals surface area contributed by atoms with Crippen LogP contribution in [0.4, 0.5) is 11.4 Å². The Morgan fingerprint density at radius 1 is 1.29 bits per heavy atom. The molecular weight excluding hydrogens is 336 g/mol. The molecule has 1 aromatic carbocycles. The molecule has 0 aliphatic heterocycles. The van der Waals surface area contributed by atoms with Crippen molar-refractivity contribution in [1.82, 2.24) is 9.62 Å². The van der Waals surface area contributed by atoms with Crippen LogP contribution in [0.2, 0.25) is 0 Å². The van der Waals surface area contributed by atoms with E-state index >= 15 is 0 Å². The summed E-state index contributed by atoms with van der Waals surface area (Å²) in [5.74, 6) is -0.268. The predicted molar refractivity (Wildman–Crippen MR) is 90.4 cm³/mol. The second-order valence-corrected chi connectivity index (χ2v) is 8.12. The molecule has 10 heteroatoms. The van der Waals surface area contributed by atoms with E-state index in [1.54, 1.807) is 34.9 Å². The van der Waals surface area contributed by atoms with Gasteiger partial charge in [-0.2, -0.15) is 0 Å². The molecule has 0 aliphatic rings. The van der Waals surface area contributed by atoms with E-state index in [0.717, 1.165) is 6.07 Å². The largest absolute Gasteiger partial charge is 0.371 e. The van der Waals surface area contributed by atoms with Crippen molar-refractivity contribution >= 4 is 27.3 Å². The van der Waals surface area contributed by atoms with Gasteiger partial charge in [-0.25, -0.2) is 13.1 Å². The van der Waals surface area contributed by atoms with Gasteiger partial charge >= 0.3 is 0 Å². The van der Waals surface area contributed by atoms with Crippen LogP contribution < -0.4 is 10.0 Å². The lowest BCUT2D eigenvalue weighted by atomic mass is 10.1. The molecule has 0 unspecified atom stereocenters. The molecule has 0 saturated heterocycles. The predicted octanol–water partition coefficient (Wildman–Crippen LogP) is 1.17. The zero-order valence-electron chi connectivity index (χ0n) is 14.3. The SMILES string of the molecule is CN(C)C(=O)CNc1ccc(S(=O)(=O)NC(C)(C)C)cc1[N+](=O)[O-]. The molecule has 134 valence electrons. The lowest BCUT2D eigenvalue weighted by molar-refractivity contribution is -0.384. The molecule has 0 saturated carbocycles. The van der Waals surface area contributed by atoms with Crippen molar-refractivity contribution in [3.05, 3.63) is 28.3 Å². The number of anilines is 1. The lowest BCUT2D eigenvalue weighted by Gasteiger charge is -2.20. The fourth-order valence-corrected chi connectivity index (χ4v) is 3.21. The van der Waals surface area contributed by atoms with Gasteiger partial charge in [0.25, 0.3) is 5.69 Å². The minimum Gasteiger partial charge on any atom is -0.371 e. The number of nitrogens with zero attached hydrogens (tertiary/aromatic N) is 2. The van der Waals surface area contributed by atoms with E-state index < -0.39 is 26.2 Å². The summed E-state index contributed by atoms with van der Waals surface area (Å²) in [5.41, 5.74) is -1.06. The molecule has 0 aliphatic carbocycles. The summed E-state index contributed by atoms with van der Waals surface area (Å²) in [6.45, 7) is 4.87. The molecule has 1 rings (SSSR count). The van der Waals surface area contributed by atoms with Crippen LogP contribution in [0.25, 0.3) is 0 Å². The van der Waals surface area contributed by atoms with Gasteiger partial charge in [0.05, 0.1) is 16.4 Å². The number of amides is 1. The first kappa shape index (κ1) is 19.8. The Labute approximate surface area is 141 Å². The maximum atomic E-state index is 12.3. The Balaban J connectivity index is 3.16. The molecule has 0 aromatic heterocycles. The number of hydrogen-bond acceptors (Lipinski definition) is 6. The van der Waals surface area contributed by atoms with Crippen molar-refractivity contribution in [1.29, 1.82) is 0 Å². The fourth-order valence-electron chi connectivity index (χ4n) is 1.77. The first-order valence-corrected chi connectivity index (χ1v) is 8.58. The summed E-state index contributed by atoms with van der Waals surface area (Å²) in [5, 5.41) is 13.9. The van der Waals surface area contributed by atoms with E-state index in [4.69, 9.17) is 0 Å². The topological polar surface area (TPSA) is 122 Å². The van der Waals surface area contributed by atoms with Crippen molar-refractivity contribution in [2.75, 3.05) is 26.0 Å². The minimum atomic E-state index is -3.89. The van der Waals surface area contributed by atoms with Gasteiger partial charge < -0.3 is 10.2 Å². The number of nitrogens with one attached hydrogen (secondary N) is 2. The Bertz CT molecular complexity index is 738. The second kappa shape index (κ2) is 7.14. The molecule has 9 nitrogen and oxygen atoms in total. The Morgan fingerprint density at radius 3 is 2.33 bits per heavy atom. The van der Waals surface area contributed by atoms with Crippen LogP contribution in [-0.4, -0.2) is 50.3 Å². The first-order valence-electron chi connectivity index (χ1n) is 7.10. The summed E-state index contributed by atoms with van der Waals surface area (Å²) in [6, 6.07) is 3.50. The number of carbonyl (C=O) groups is 1. The fraction of sp³-hybridized carbons (Fsp3) is 0.500. The van der Waals surface area contributed by atoms with Crippen molar-refractivity contribution in [3.8, 4) is 0 Å². The van der Waals surface area contributed by atoms with Crippen molar-refractivity contribution in [3.63, 3.8) is 0 Å². The molecular formula is C14H22N4O5S. The highest BCUT2D eigenvalue weighted by atomic mass is 32.2. The van der Waals surface area contributed by atoms with E-state index in [1.807, 2.05) is 0 Å². The minimum absolute atomic E-state index is 0.0740. The standard InChI is InChI=1S/C14H22N4O5S/c1-14(2,3)16-24(22,23)10-6-7-11(12(8-10)18(20)21)15-9-13(19)17(4)5/h6-8,15-16H,9H2,1-5H3. The summed E-state index contributed by atoms with van der Waals surface area (Å²) < 4.78 is 27.0. The molecule has 0 bridgehead atoms. The summed E-state index contributed by atoms with van der Waals surface area (Å²) >= 11 is 0. The van der Waals surface area contributed by atoms with Crippen molar-refractivity contribution < 1.29 is 18.1 Å². The van der Waals surface area contributed by atoms with Gasteiger partial charge in [0.2, 0.25) is 15.9 Å². The van der Waals surface area contributed by atoms with Gasteiger partial charge in [0, 0.05) is 25.7 Å². The molecule has 0 fully saturated rings.